The van der Waals surface area contributed by atoms with E-state index >= 15 is 0 Å². The van der Waals surface area contributed by atoms with Gasteiger partial charge in [-0.2, -0.15) is 0 Å². The number of H-pyrrole nitrogens is 1. The molecule has 0 bridgehead atoms. The molecule has 1 aromatic heterocycles. The molecule has 1 aliphatic heterocycles. The number of hydrogen-bond acceptors (Lipinski definition) is 4. The summed E-state index contributed by atoms with van der Waals surface area (Å²) in [5.41, 5.74) is 5.90. The zero-order chi connectivity index (χ0) is 21.3. The number of fused-ring (bicyclic) bond motifs is 1. The van der Waals surface area contributed by atoms with Crippen LogP contribution in [0.2, 0.25) is 0 Å². The minimum absolute atomic E-state index is 0.249. The van der Waals surface area contributed by atoms with Gasteiger partial charge in [0.1, 0.15) is 5.82 Å². The molecule has 158 valence electrons. The van der Waals surface area contributed by atoms with Crippen molar-refractivity contribution in [1.29, 1.82) is 0 Å². The number of carbonyl (C=O) groups excluding carboxylic acids is 1. The van der Waals surface area contributed by atoms with Gasteiger partial charge < -0.3 is 9.88 Å². The molecular weight excluding hydrogens is 388 g/mol. The summed E-state index contributed by atoms with van der Waals surface area (Å²) in [7, 11) is 0. The third-order valence-corrected chi connectivity index (χ3v) is 6.40. The van der Waals surface area contributed by atoms with E-state index in [4.69, 9.17) is 10.2 Å². The molecule has 1 atom stereocenters. The molecule has 6 heteroatoms. The molecule has 0 radical (unpaired) electrons. The second-order valence-corrected chi connectivity index (χ2v) is 8.46. The summed E-state index contributed by atoms with van der Waals surface area (Å²) in [5, 5.41) is 8.94. The number of likely N-dealkylation sites (tertiary alicyclic amines) is 1. The molecule has 1 saturated heterocycles. The van der Waals surface area contributed by atoms with Gasteiger partial charge in [-0.15, -0.1) is 0 Å². The van der Waals surface area contributed by atoms with Crippen LogP contribution in [0, 0.1) is 0 Å². The van der Waals surface area contributed by atoms with Gasteiger partial charge in [0.25, 0.3) is 5.91 Å². The topological polar surface area (TPSA) is 81.2 Å². The van der Waals surface area contributed by atoms with Crippen molar-refractivity contribution in [3.63, 3.8) is 0 Å². The second-order valence-electron chi connectivity index (χ2n) is 8.46. The third-order valence-electron chi connectivity index (χ3n) is 6.40. The van der Waals surface area contributed by atoms with Gasteiger partial charge in [0, 0.05) is 12.1 Å². The van der Waals surface area contributed by atoms with E-state index in [2.05, 4.69) is 52.4 Å². The summed E-state index contributed by atoms with van der Waals surface area (Å²) in [5.74, 6) is 0.383. The first-order valence-electron chi connectivity index (χ1n) is 10.8. The van der Waals surface area contributed by atoms with Crippen molar-refractivity contribution < 1.29 is 10.0 Å². The Bertz CT molecular complexity index is 1160. The normalized spacial score (nSPS) is 21.4. The van der Waals surface area contributed by atoms with Crippen molar-refractivity contribution in [1.82, 2.24) is 20.3 Å². The average Bonchev–Trinajstić information content (AvgIpc) is 3.49. The Morgan fingerprint density at radius 1 is 1.16 bits per heavy atom. The van der Waals surface area contributed by atoms with Crippen LogP contribution in [-0.2, 0) is 5.41 Å². The third kappa shape index (κ3) is 3.80. The number of imidazole rings is 1. The molecule has 5 rings (SSSR count). The zero-order valence-corrected chi connectivity index (χ0v) is 17.3. The van der Waals surface area contributed by atoms with Crippen LogP contribution in [-0.4, -0.2) is 45.6 Å². The van der Waals surface area contributed by atoms with Crippen LogP contribution in [0.3, 0.4) is 0 Å². The van der Waals surface area contributed by atoms with Crippen molar-refractivity contribution in [2.24, 2.45) is 0 Å². The number of amides is 1. The summed E-state index contributed by atoms with van der Waals surface area (Å²) in [6.07, 6.45) is 10.2. The van der Waals surface area contributed by atoms with Crippen LogP contribution < -0.4 is 5.48 Å². The SMILES string of the molecule is O=C(NO)c1ccc2nc(C3(CN4CCCC4)C=CC(c4ccccc4)=CC3)[nH]c2c1. The van der Waals surface area contributed by atoms with Crippen LogP contribution in [0.1, 0.15) is 41.0 Å². The second kappa shape index (κ2) is 8.13. The van der Waals surface area contributed by atoms with Gasteiger partial charge in [0.15, 0.2) is 0 Å². The summed E-state index contributed by atoms with van der Waals surface area (Å²) in [4.78, 5) is 22.7. The molecule has 3 aromatic rings. The maximum atomic E-state index is 11.8. The van der Waals surface area contributed by atoms with E-state index in [1.807, 2.05) is 12.1 Å². The van der Waals surface area contributed by atoms with Gasteiger partial charge in [-0.25, -0.2) is 10.5 Å². The van der Waals surface area contributed by atoms with Crippen molar-refractivity contribution in [3.8, 4) is 0 Å². The molecule has 3 N–H and O–H groups in total. The van der Waals surface area contributed by atoms with Crippen LogP contribution in [0.15, 0.2) is 66.8 Å². The molecule has 0 saturated carbocycles. The molecule has 1 fully saturated rings. The monoisotopic (exact) mass is 414 g/mol. The number of carbonyl (C=O) groups is 1. The van der Waals surface area contributed by atoms with Crippen LogP contribution in [0.5, 0.6) is 0 Å². The Balaban J connectivity index is 1.52. The number of aromatic amines is 1. The molecule has 6 nitrogen and oxygen atoms in total. The van der Waals surface area contributed by atoms with E-state index in [-0.39, 0.29) is 5.41 Å². The zero-order valence-electron chi connectivity index (χ0n) is 17.3. The van der Waals surface area contributed by atoms with E-state index in [1.54, 1.807) is 17.6 Å². The lowest BCUT2D eigenvalue weighted by Gasteiger charge is -2.34. The first-order valence-corrected chi connectivity index (χ1v) is 10.8. The Morgan fingerprint density at radius 3 is 2.68 bits per heavy atom. The molecule has 2 heterocycles. The summed E-state index contributed by atoms with van der Waals surface area (Å²) in [6, 6.07) is 15.7. The molecule has 1 aliphatic carbocycles. The van der Waals surface area contributed by atoms with Gasteiger partial charge in [0.2, 0.25) is 0 Å². The van der Waals surface area contributed by atoms with Crippen LogP contribution >= 0.6 is 0 Å². The standard InChI is InChI=1S/C25H26N4O2/c30-23(28-31)20-8-9-21-22(16-20)27-24(26-21)25(17-29-14-4-5-15-29)12-10-19(11-13-25)18-6-2-1-3-7-18/h1-3,6-12,16,31H,4-5,13-15,17H2,(H,26,27)(H,28,30). The quantitative estimate of drug-likeness (QED) is 0.434. The molecule has 0 spiro atoms. The number of hydrogen-bond donors (Lipinski definition) is 3. The van der Waals surface area contributed by atoms with E-state index in [9.17, 15) is 4.79 Å². The number of nitrogens with one attached hydrogen (secondary N) is 2. The number of allylic oxidation sites excluding steroid dienone is 3. The molecule has 2 aromatic carbocycles. The average molecular weight is 415 g/mol. The van der Waals surface area contributed by atoms with Gasteiger partial charge in [-0.3, -0.25) is 10.0 Å². The Labute approximate surface area is 181 Å². The van der Waals surface area contributed by atoms with Gasteiger partial charge in [-0.05, 0) is 61.7 Å². The first kappa shape index (κ1) is 19.7. The van der Waals surface area contributed by atoms with Crippen molar-refractivity contribution >= 4 is 22.5 Å². The van der Waals surface area contributed by atoms with E-state index in [1.165, 1.54) is 24.0 Å². The highest BCUT2D eigenvalue weighted by molar-refractivity contribution is 5.96. The fourth-order valence-corrected chi connectivity index (χ4v) is 4.68. The predicted molar refractivity (Wildman–Crippen MR) is 121 cm³/mol. The fraction of sp³-hybridized carbons (Fsp3) is 0.280. The molecule has 2 aliphatic rings. The van der Waals surface area contributed by atoms with Crippen molar-refractivity contribution in [2.45, 2.75) is 24.7 Å². The number of aromatic nitrogens is 2. The summed E-state index contributed by atoms with van der Waals surface area (Å²) < 4.78 is 0. The number of nitrogens with zero attached hydrogens (tertiary/aromatic N) is 2. The van der Waals surface area contributed by atoms with E-state index in [0.717, 1.165) is 42.9 Å². The Hall–Kier alpha value is -3.22. The lowest BCUT2D eigenvalue weighted by molar-refractivity contribution is 0.0706. The Morgan fingerprint density at radius 2 is 1.97 bits per heavy atom. The lowest BCUT2D eigenvalue weighted by Crippen LogP contribution is -2.39. The van der Waals surface area contributed by atoms with Gasteiger partial charge in [-0.1, -0.05) is 48.6 Å². The highest BCUT2D eigenvalue weighted by atomic mass is 16.5. The van der Waals surface area contributed by atoms with E-state index in [0.29, 0.717) is 5.56 Å². The van der Waals surface area contributed by atoms with Gasteiger partial charge in [0.05, 0.1) is 16.4 Å². The van der Waals surface area contributed by atoms with Gasteiger partial charge >= 0.3 is 0 Å². The van der Waals surface area contributed by atoms with Crippen LogP contribution in [0.25, 0.3) is 16.6 Å². The largest absolute Gasteiger partial charge is 0.341 e. The smallest absolute Gasteiger partial charge is 0.274 e. The number of rotatable bonds is 5. The maximum absolute atomic E-state index is 11.8. The molecule has 1 unspecified atom stereocenters. The summed E-state index contributed by atoms with van der Waals surface area (Å²) >= 11 is 0. The highest BCUT2D eigenvalue weighted by Crippen LogP contribution is 2.37. The van der Waals surface area contributed by atoms with Crippen molar-refractivity contribution in [2.75, 3.05) is 19.6 Å². The first-order chi connectivity index (χ1) is 15.2. The summed E-state index contributed by atoms with van der Waals surface area (Å²) in [6.45, 7) is 3.14. The molecular formula is C25H26N4O2. The maximum Gasteiger partial charge on any atom is 0.274 e. The highest BCUT2D eigenvalue weighted by Gasteiger charge is 2.36. The number of hydroxylamine groups is 1. The fourth-order valence-electron chi connectivity index (χ4n) is 4.68. The molecule has 1 amide bonds. The lowest BCUT2D eigenvalue weighted by atomic mass is 9.77. The minimum Gasteiger partial charge on any atom is -0.341 e. The molecule has 31 heavy (non-hydrogen) atoms. The predicted octanol–water partition coefficient (Wildman–Crippen LogP) is 4.06. The van der Waals surface area contributed by atoms with Crippen LogP contribution in [0.4, 0.5) is 0 Å². The minimum atomic E-state index is -0.530. The van der Waals surface area contributed by atoms with E-state index < -0.39 is 5.91 Å². The Kier molecular flexibility index (Phi) is 5.18. The number of benzene rings is 2. The van der Waals surface area contributed by atoms with Crippen molar-refractivity contribution in [3.05, 3.63) is 83.7 Å².